The normalized spacial score (nSPS) is 15.9. The van der Waals surface area contributed by atoms with Crippen LogP contribution in [0.15, 0.2) is 60.8 Å². The van der Waals surface area contributed by atoms with E-state index in [9.17, 15) is 4.79 Å². The molecule has 2 heterocycles. The third-order valence-corrected chi connectivity index (χ3v) is 5.17. The second-order valence-corrected chi connectivity index (χ2v) is 6.87. The number of nitrogens with one attached hydrogen (secondary N) is 1. The van der Waals surface area contributed by atoms with Crippen molar-refractivity contribution in [1.82, 2.24) is 9.88 Å². The number of H-pyrrole nitrogens is 1. The molecule has 26 heavy (non-hydrogen) atoms. The number of ether oxygens (including phenoxy) is 1. The Kier molecular flexibility index (Phi) is 5.02. The molecule has 1 fully saturated rings. The molecule has 3 aromatic rings. The Labute approximate surface area is 153 Å². The highest BCUT2D eigenvalue weighted by Crippen LogP contribution is 2.31. The zero-order chi connectivity index (χ0) is 17.8. The summed E-state index contributed by atoms with van der Waals surface area (Å²) in [5.41, 5.74) is 3.61. The van der Waals surface area contributed by atoms with Crippen molar-refractivity contribution in [2.24, 2.45) is 0 Å². The number of carbonyl (C=O) groups excluding carboxylic acids is 1. The quantitative estimate of drug-likeness (QED) is 0.763. The van der Waals surface area contributed by atoms with Crippen LogP contribution < -0.4 is 0 Å². The molecule has 1 N–H and O–H groups in total. The molecule has 1 amide bonds. The van der Waals surface area contributed by atoms with Crippen molar-refractivity contribution in [3.63, 3.8) is 0 Å². The zero-order valence-electron chi connectivity index (χ0n) is 14.9. The van der Waals surface area contributed by atoms with Crippen molar-refractivity contribution in [2.75, 3.05) is 26.3 Å². The van der Waals surface area contributed by atoms with E-state index in [1.54, 1.807) is 0 Å². The van der Waals surface area contributed by atoms with Crippen molar-refractivity contribution in [3.8, 4) is 0 Å². The molecule has 1 atom stereocenters. The second kappa shape index (κ2) is 7.75. The maximum atomic E-state index is 12.9. The molecule has 0 saturated carbocycles. The maximum Gasteiger partial charge on any atom is 0.223 e. The van der Waals surface area contributed by atoms with Crippen molar-refractivity contribution >= 4 is 16.8 Å². The molecule has 1 aliphatic rings. The number of hydrogen-bond donors (Lipinski definition) is 1. The highest BCUT2D eigenvalue weighted by atomic mass is 16.5. The molecule has 2 aromatic carbocycles. The Balaban J connectivity index is 1.61. The predicted molar refractivity (Wildman–Crippen MR) is 103 cm³/mol. The minimum Gasteiger partial charge on any atom is -0.378 e. The van der Waals surface area contributed by atoms with Crippen molar-refractivity contribution in [2.45, 2.75) is 18.8 Å². The van der Waals surface area contributed by atoms with Gasteiger partial charge in [-0.1, -0.05) is 48.5 Å². The van der Waals surface area contributed by atoms with Crippen LogP contribution >= 0.6 is 0 Å². The molecular weight excluding hydrogens is 324 g/mol. The van der Waals surface area contributed by atoms with Gasteiger partial charge < -0.3 is 14.6 Å². The molecule has 4 heteroatoms. The molecule has 1 unspecified atom stereocenters. The summed E-state index contributed by atoms with van der Waals surface area (Å²) >= 11 is 0. The van der Waals surface area contributed by atoms with Crippen LogP contribution in [0.5, 0.6) is 0 Å². The first-order valence-corrected chi connectivity index (χ1v) is 9.27. The van der Waals surface area contributed by atoms with Crippen LogP contribution in [-0.2, 0) is 16.0 Å². The summed E-state index contributed by atoms with van der Waals surface area (Å²) in [6.45, 7) is 2.68. The fourth-order valence-electron chi connectivity index (χ4n) is 3.78. The number of rotatable bonds is 5. The number of aromatic amines is 1. The fourth-order valence-corrected chi connectivity index (χ4v) is 3.78. The Morgan fingerprint density at radius 2 is 1.77 bits per heavy atom. The summed E-state index contributed by atoms with van der Waals surface area (Å²) in [6.07, 6.45) is 3.46. The van der Waals surface area contributed by atoms with Gasteiger partial charge in [0.25, 0.3) is 0 Å². The number of fused-ring (bicyclic) bond motifs is 1. The lowest BCUT2D eigenvalue weighted by Crippen LogP contribution is -2.41. The molecule has 1 saturated heterocycles. The lowest BCUT2D eigenvalue weighted by atomic mass is 9.88. The molecule has 4 rings (SSSR count). The van der Waals surface area contributed by atoms with E-state index in [1.165, 1.54) is 16.5 Å². The predicted octanol–water partition coefficient (Wildman–Crippen LogP) is 3.74. The largest absolute Gasteiger partial charge is 0.378 e. The van der Waals surface area contributed by atoms with Crippen LogP contribution in [0.1, 0.15) is 23.5 Å². The van der Waals surface area contributed by atoms with Crippen LogP contribution in [0.25, 0.3) is 10.9 Å². The first kappa shape index (κ1) is 16.9. The van der Waals surface area contributed by atoms with Crippen LogP contribution in [-0.4, -0.2) is 42.1 Å². The summed E-state index contributed by atoms with van der Waals surface area (Å²) in [5, 5.41) is 1.21. The highest BCUT2D eigenvalue weighted by Gasteiger charge is 2.24. The van der Waals surface area contributed by atoms with Crippen LogP contribution in [0.3, 0.4) is 0 Å². The van der Waals surface area contributed by atoms with E-state index in [4.69, 9.17) is 4.74 Å². The van der Waals surface area contributed by atoms with E-state index >= 15 is 0 Å². The maximum absolute atomic E-state index is 12.9. The van der Waals surface area contributed by atoms with E-state index in [2.05, 4.69) is 53.6 Å². The number of carbonyl (C=O) groups is 1. The van der Waals surface area contributed by atoms with Gasteiger partial charge in [-0.2, -0.15) is 0 Å². The van der Waals surface area contributed by atoms with E-state index < -0.39 is 0 Å². The molecule has 4 nitrogen and oxygen atoms in total. The van der Waals surface area contributed by atoms with Gasteiger partial charge in [0.05, 0.1) is 13.2 Å². The van der Waals surface area contributed by atoms with Gasteiger partial charge >= 0.3 is 0 Å². The standard InChI is InChI=1S/C22H24N2O2/c25-22(24-10-12-26-13-11-24)15-18(14-17-6-2-1-3-7-17)20-16-23-21-9-5-4-8-19(20)21/h1-9,16,18,23H,10-15H2. The summed E-state index contributed by atoms with van der Waals surface area (Å²) in [7, 11) is 0. The number of hydrogen-bond acceptors (Lipinski definition) is 2. The molecule has 0 bridgehead atoms. The molecule has 0 radical (unpaired) electrons. The van der Waals surface area contributed by atoms with E-state index in [0.717, 1.165) is 11.9 Å². The molecule has 134 valence electrons. The van der Waals surface area contributed by atoms with E-state index in [1.807, 2.05) is 17.0 Å². The number of amides is 1. The average molecular weight is 348 g/mol. The van der Waals surface area contributed by atoms with Gasteiger partial charge in [-0.05, 0) is 29.5 Å². The lowest BCUT2D eigenvalue weighted by molar-refractivity contribution is -0.135. The summed E-state index contributed by atoms with van der Waals surface area (Å²) in [5.74, 6) is 0.378. The SMILES string of the molecule is O=C(CC(Cc1ccccc1)c1c[nH]c2ccccc12)N1CCOCC1. The number of morpholine rings is 1. The Bertz CT molecular complexity index is 866. The van der Waals surface area contributed by atoms with Crippen molar-refractivity contribution < 1.29 is 9.53 Å². The minimum absolute atomic E-state index is 0.156. The topological polar surface area (TPSA) is 45.3 Å². The second-order valence-electron chi connectivity index (χ2n) is 6.87. The van der Waals surface area contributed by atoms with Gasteiger partial charge in [0.15, 0.2) is 0 Å². The van der Waals surface area contributed by atoms with E-state index in [-0.39, 0.29) is 11.8 Å². The third kappa shape index (κ3) is 3.65. The Morgan fingerprint density at radius 1 is 1.04 bits per heavy atom. The molecule has 1 aliphatic heterocycles. The lowest BCUT2D eigenvalue weighted by Gasteiger charge is -2.28. The van der Waals surface area contributed by atoms with Crippen molar-refractivity contribution in [1.29, 1.82) is 0 Å². The van der Waals surface area contributed by atoms with Gasteiger partial charge in [0.1, 0.15) is 0 Å². The molecule has 0 aliphatic carbocycles. The van der Waals surface area contributed by atoms with Gasteiger partial charge in [0, 0.05) is 36.6 Å². The van der Waals surface area contributed by atoms with E-state index in [0.29, 0.717) is 32.7 Å². The number of para-hydroxylation sites is 1. The molecular formula is C22H24N2O2. The van der Waals surface area contributed by atoms with Gasteiger partial charge in [0.2, 0.25) is 5.91 Å². The Morgan fingerprint density at radius 3 is 2.58 bits per heavy atom. The fraction of sp³-hybridized carbons (Fsp3) is 0.318. The average Bonchev–Trinajstić information content (AvgIpc) is 3.13. The Hall–Kier alpha value is -2.59. The third-order valence-electron chi connectivity index (χ3n) is 5.17. The monoisotopic (exact) mass is 348 g/mol. The van der Waals surface area contributed by atoms with Crippen LogP contribution in [0.4, 0.5) is 0 Å². The smallest absolute Gasteiger partial charge is 0.223 e. The minimum atomic E-state index is 0.156. The van der Waals surface area contributed by atoms with Gasteiger partial charge in [-0.25, -0.2) is 0 Å². The highest BCUT2D eigenvalue weighted by molar-refractivity contribution is 5.85. The van der Waals surface area contributed by atoms with Crippen molar-refractivity contribution in [3.05, 3.63) is 71.9 Å². The molecule has 1 aromatic heterocycles. The van der Waals surface area contributed by atoms with Gasteiger partial charge in [-0.3, -0.25) is 4.79 Å². The molecule has 0 spiro atoms. The summed E-state index contributed by atoms with van der Waals surface area (Å²) in [6, 6.07) is 18.7. The first-order chi connectivity index (χ1) is 12.8. The number of benzene rings is 2. The first-order valence-electron chi connectivity index (χ1n) is 9.27. The van der Waals surface area contributed by atoms with Gasteiger partial charge in [-0.15, -0.1) is 0 Å². The zero-order valence-corrected chi connectivity index (χ0v) is 14.9. The number of nitrogens with zero attached hydrogens (tertiary/aromatic N) is 1. The van der Waals surface area contributed by atoms with Crippen LogP contribution in [0.2, 0.25) is 0 Å². The summed E-state index contributed by atoms with van der Waals surface area (Å²) in [4.78, 5) is 18.2. The van der Waals surface area contributed by atoms with Crippen LogP contribution in [0, 0.1) is 0 Å². The number of aromatic nitrogens is 1. The summed E-state index contributed by atoms with van der Waals surface area (Å²) < 4.78 is 5.38.